The fraction of sp³-hybridized carbons (Fsp3) is 0.685. The van der Waals surface area contributed by atoms with Crippen LogP contribution in [0.3, 0.4) is 0 Å². The molecule has 1 unspecified atom stereocenters. The van der Waals surface area contributed by atoms with Crippen LogP contribution in [0.1, 0.15) is 78.1 Å². The Balaban J connectivity index is 0.910. The Kier molecular flexibility index (Phi) is 32.1. The van der Waals surface area contributed by atoms with Crippen molar-refractivity contribution in [2.24, 2.45) is 10.7 Å². The molecular formula is C54H86N8O15. The highest BCUT2D eigenvalue weighted by molar-refractivity contribution is 6.05. The molecule has 23 nitrogen and oxygen atoms in total. The predicted molar refractivity (Wildman–Crippen MR) is 288 cm³/mol. The zero-order chi connectivity index (χ0) is 55.4. The minimum Gasteiger partial charge on any atom is -0.460 e. The summed E-state index contributed by atoms with van der Waals surface area (Å²) >= 11 is 0. The molecular weight excluding hydrogens is 1000 g/mol. The van der Waals surface area contributed by atoms with E-state index >= 15 is 0 Å². The molecule has 4 N–H and O–H groups in total. The number of nitrogens with two attached hydrogens (primary N) is 1. The van der Waals surface area contributed by atoms with Gasteiger partial charge in [-0.2, -0.15) is 0 Å². The summed E-state index contributed by atoms with van der Waals surface area (Å²) in [6.45, 7) is 20.5. The van der Waals surface area contributed by atoms with Gasteiger partial charge in [-0.15, -0.1) is 0 Å². The fourth-order valence-electron chi connectivity index (χ4n) is 7.56. The summed E-state index contributed by atoms with van der Waals surface area (Å²) in [5.74, 6) is 0.256. The lowest BCUT2D eigenvalue weighted by Crippen LogP contribution is -2.38. The van der Waals surface area contributed by atoms with E-state index in [4.69, 9.17) is 57.8 Å². The Bertz CT molecular complexity index is 2070. The average Bonchev–Trinajstić information content (AvgIpc) is 3.68. The topological polar surface area (TPSA) is 265 Å². The lowest BCUT2D eigenvalue weighted by Gasteiger charge is -2.25. The number of amides is 4. The lowest BCUT2D eigenvalue weighted by atomic mass is 10.0. The number of fused-ring (bicyclic) bond motifs is 1. The van der Waals surface area contributed by atoms with E-state index in [1.165, 1.54) is 0 Å². The normalized spacial score (nSPS) is 14.4. The van der Waals surface area contributed by atoms with Crippen molar-refractivity contribution in [1.82, 2.24) is 30.4 Å². The van der Waals surface area contributed by atoms with Crippen LogP contribution in [-0.2, 0) is 73.0 Å². The number of esters is 1. The van der Waals surface area contributed by atoms with Crippen molar-refractivity contribution in [3.05, 3.63) is 47.6 Å². The van der Waals surface area contributed by atoms with Gasteiger partial charge in [0.05, 0.1) is 151 Å². The van der Waals surface area contributed by atoms with Crippen LogP contribution in [-0.4, -0.2) is 219 Å². The summed E-state index contributed by atoms with van der Waals surface area (Å²) in [5.41, 5.74) is 9.45. The molecule has 2 aliphatic heterocycles. The Morgan fingerprint density at radius 2 is 1.19 bits per heavy atom. The molecule has 1 saturated heterocycles. The first-order chi connectivity index (χ1) is 37.3. The number of benzene rings is 1. The largest absolute Gasteiger partial charge is 0.460 e. The smallest absolute Gasteiger partial charge is 0.317 e. The molecule has 4 rings (SSSR count). The molecule has 4 amide bonds. The summed E-state index contributed by atoms with van der Waals surface area (Å²) in [4.78, 5) is 67.2. The van der Waals surface area contributed by atoms with E-state index in [9.17, 15) is 19.2 Å². The Morgan fingerprint density at radius 1 is 0.701 bits per heavy atom. The van der Waals surface area contributed by atoms with Gasteiger partial charge in [0.2, 0.25) is 11.8 Å². The summed E-state index contributed by atoms with van der Waals surface area (Å²) in [6.07, 6.45) is 7.35. The van der Waals surface area contributed by atoms with Crippen LogP contribution in [0.2, 0.25) is 0 Å². The number of aliphatic imine (C=N–C) groups is 1. The summed E-state index contributed by atoms with van der Waals surface area (Å²) in [6, 6.07) is 5.68. The first-order valence-electron chi connectivity index (χ1n) is 26.9. The summed E-state index contributed by atoms with van der Waals surface area (Å²) < 4.78 is 60.2. The van der Waals surface area contributed by atoms with Crippen LogP contribution in [0.5, 0.6) is 0 Å². The second-order valence-electron chi connectivity index (χ2n) is 18.9. The van der Waals surface area contributed by atoms with E-state index in [1.807, 2.05) is 63.8 Å². The third-order valence-electron chi connectivity index (χ3n) is 11.4. The van der Waals surface area contributed by atoms with E-state index in [1.54, 1.807) is 17.3 Å². The van der Waals surface area contributed by atoms with Crippen LogP contribution in [0, 0.1) is 0 Å². The molecule has 23 heteroatoms. The quantitative estimate of drug-likeness (QED) is 0.0629. The number of aromatic nitrogens is 2. The standard InChI is InChI=1S/C54H86N8O15/c1-6-13-62(14-10-46-41-61(7-2)53(66)59-46)52(65)44-35-43-9-8-42(36-47(43)60-48(55)37-44)45-38-56-49(57-39-45)40-58-50(63)11-15-67-17-19-69-21-23-71-25-27-73-29-31-75-33-34-76-32-30-74-28-26-72-24-22-70-20-18-68-16-12-51(64)77-54(3,4)5/h8-9,35-36,38-39,46H,6-7,10-34,37,40-41H2,1-5H3,(H2,55,60)(H,58,63)(H,59,66). The number of hydrogen-bond donors (Lipinski definition) is 3. The van der Waals surface area contributed by atoms with Crippen LogP contribution >= 0.6 is 0 Å². The number of urea groups is 1. The van der Waals surface area contributed by atoms with Crippen molar-refractivity contribution in [2.45, 2.75) is 84.9 Å². The van der Waals surface area contributed by atoms with Gasteiger partial charge in [-0.3, -0.25) is 14.4 Å². The highest BCUT2D eigenvalue weighted by Gasteiger charge is 2.29. The highest BCUT2D eigenvalue weighted by atomic mass is 16.6. The third kappa shape index (κ3) is 28.3. The lowest BCUT2D eigenvalue weighted by molar-refractivity contribution is -0.156. The average molecular weight is 1090 g/mol. The van der Waals surface area contributed by atoms with E-state index in [0.717, 1.165) is 23.1 Å². The van der Waals surface area contributed by atoms with Gasteiger partial charge in [-0.05, 0) is 58.2 Å². The van der Waals surface area contributed by atoms with Gasteiger partial charge >= 0.3 is 12.0 Å². The number of hydrogen-bond acceptors (Lipinski definition) is 19. The Hall–Kier alpha value is -5.21. The van der Waals surface area contributed by atoms with Crippen LogP contribution in [0.4, 0.5) is 10.5 Å². The Morgan fingerprint density at radius 3 is 1.66 bits per heavy atom. The molecule has 0 aliphatic carbocycles. The fourth-order valence-corrected chi connectivity index (χ4v) is 7.56. The molecule has 0 spiro atoms. The SMILES string of the molecule is CCCN(CCC1CN(CC)C(=O)N1)C(=O)C1=Cc2ccc(-c3cnc(CNC(=O)CCOCCOCCOCCOCCOCCOCCOCCOCCOCCOCCC(=O)OC(C)(C)C)nc3)cc2N=C(N)C1. The van der Waals surface area contributed by atoms with Crippen LogP contribution < -0.4 is 16.4 Å². The van der Waals surface area contributed by atoms with Gasteiger partial charge in [0.25, 0.3) is 0 Å². The molecule has 77 heavy (non-hydrogen) atoms. The van der Waals surface area contributed by atoms with E-state index in [0.29, 0.717) is 181 Å². The molecule has 2 aromatic rings. The second kappa shape index (κ2) is 38.4. The maximum absolute atomic E-state index is 13.8. The molecule has 2 aliphatic rings. The number of carbonyl (C=O) groups is 4. The van der Waals surface area contributed by atoms with E-state index < -0.39 is 5.60 Å². The van der Waals surface area contributed by atoms with Crippen molar-refractivity contribution < 1.29 is 71.3 Å². The van der Waals surface area contributed by atoms with Crippen molar-refractivity contribution in [1.29, 1.82) is 0 Å². The van der Waals surface area contributed by atoms with Gasteiger partial charge in [0.1, 0.15) is 17.3 Å². The highest BCUT2D eigenvalue weighted by Crippen LogP contribution is 2.32. The van der Waals surface area contributed by atoms with Gasteiger partial charge in [-0.25, -0.2) is 19.8 Å². The number of ether oxygens (including phenoxy) is 11. The molecule has 1 aromatic heterocycles. The van der Waals surface area contributed by atoms with E-state index in [-0.39, 0.29) is 62.3 Å². The molecule has 1 fully saturated rings. The zero-order valence-electron chi connectivity index (χ0n) is 46.2. The molecule has 3 heterocycles. The minimum absolute atomic E-state index is 0.00138. The van der Waals surface area contributed by atoms with Gasteiger partial charge in [0.15, 0.2) is 0 Å². The number of nitrogens with zero attached hydrogens (tertiary/aromatic N) is 5. The molecule has 1 aromatic carbocycles. The van der Waals surface area contributed by atoms with Crippen molar-refractivity contribution in [2.75, 3.05) is 158 Å². The molecule has 0 saturated carbocycles. The molecule has 432 valence electrons. The number of likely N-dealkylation sites (N-methyl/N-ethyl adjacent to an activating group) is 1. The van der Waals surface area contributed by atoms with Gasteiger partial charge in [-0.1, -0.05) is 19.1 Å². The van der Waals surface area contributed by atoms with Crippen molar-refractivity contribution in [3.8, 4) is 11.1 Å². The first kappa shape index (κ1) is 64.3. The van der Waals surface area contributed by atoms with Crippen LogP contribution in [0.15, 0.2) is 41.2 Å². The zero-order valence-corrected chi connectivity index (χ0v) is 46.2. The minimum atomic E-state index is -0.489. The van der Waals surface area contributed by atoms with Gasteiger partial charge < -0.3 is 78.3 Å². The summed E-state index contributed by atoms with van der Waals surface area (Å²) in [5, 5.41) is 5.84. The molecule has 0 radical (unpaired) electrons. The Labute approximate surface area is 454 Å². The monoisotopic (exact) mass is 1090 g/mol. The number of carbonyl (C=O) groups excluding carboxylic acids is 4. The number of nitrogens with one attached hydrogen (secondary N) is 2. The third-order valence-corrected chi connectivity index (χ3v) is 11.4. The second-order valence-corrected chi connectivity index (χ2v) is 18.9. The molecule has 0 bridgehead atoms. The summed E-state index contributed by atoms with van der Waals surface area (Å²) in [7, 11) is 0. The maximum atomic E-state index is 13.8. The van der Waals surface area contributed by atoms with Crippen LogP contribution in [0.25, 0.3) is 17.2 Å². The van der Waals surface area contributed by atoms with Crippen molar-refractivity contribution in [3.63, 3.8) is 0 Å². The maximum Gasteiger partial charge on any atom is 0.317 e. The van der Waals surface area contributed by atoms with E-state index in [2.05, 4.69) is 25.6 Å². The molecule has 1 atom stereocenters. The number of rotatable bonds is 43. The first-order valence-corrected chi connectivity index (χ1v) is 26.9. The van der Waals surface area contributed by atoms with Gasteiger partial charge in [0, 0.05) is 74.2 Å². The van der Waals surface area contributed by atoms with Crippen molar-refractivity contribution >= 4 is 41.4 Å². The predicted octanol–water partition coefficient (Wildman–Crippen LogP) is 3.87. The number of amidine groups is 1.